The van der Waals surface area contributed by atoms with Crippen LogP contribution < -0.4 is 10.6 Å². The molecule has 0 heterocycles. The lowest BCUT2D eigenvalue weighted by atomic mass is 10.2. The van der Waals surface area contributed by atoms with Crippen molar-refractivity contribution >= 4 is 34.2 Å². The Kier molecular flexibility index (Phi) is 6.32. The van der Waals surface area contributed by atoms with E-state index in [1.54, 1.807) is 51.3 Å². The van der Waals surface area contributed by atoms with Crippen molar-refractivity contribution in [2.75, 3.05) is 16.9 Å². The van der Waals surface area contributed by atoms with E-state index in [-0.39, 0.29) is 5.69 Å². The number of ether oxygens (including phenoxy) is 1. The summed E-state index contributed by atoms with van der Waals surface area (Å²) in [4.78, 5) is 24.7. The van der Waals surface area contributed by atoms with Gasteiger partial charge in [-0.25, -0.2) is 9.18 Å². The molecule has 0 saturated carbocycles. The summed E-state index contributed by atoms with van der Waals surface area (Å²) in [5.74, 6) is -1.08. The summed E-state index contributed by atoms with van der Waals surface area (Å²) in [6, 6.07) is 10.1. The molecule has 0 radical (unpaired) electrons. The Morgan fingerprint density at radius 2 is 1.67 bits per heavy atom. The van der Waals surface area contributed by atoms with Gasteiger partial charge >= 0.3 is 6.09 Å². The van der Waals surface area contributed by atoms with Gasteiger partial charge < -0.3 is 10.1 Å². The molecule has 0 aliphatic heterocycles. The van der Waals surface area contributed by atoms with Crippen molar-refractivity contribution in [1.29, 1.82) is 0 Å². The Balaban J connectivity index is 2.11. The summed E-state index contributed by atoms with van der Waals surface area (Å²) < 4.78 is 30.4. The number of rotatable bonds is 4. The maximum absolute atomic E-state index is 13.9. The number of halogens is 1. The van der Waals surface area contributed by atoms with Crippen molar-refractivity contribution in [3.63, 3.8) is 0 Å². The Labute approximate surface area is 159 Å². The van der Waals surface area contributed by atoms with E-state index in [0.29, 0.717) is 16.1 Å². The van der Waals surface area contributed by atoms with Crippen LogP contribution >= 0.6 is 0 Å². The lowest BCUT2D eigenvalue weighted by Gasteiger charge is -2.20. The Morgan fingerprint density at radius 3 is 2.22 bits per heavy atom. The molecule has 1 atom stereocenters. The molecule has 6 nitrogen and oxygen atoms in total. The van der Waals surface area contributed by atoms with Crippen molar-refractivity contribution in [2.24, 2.45) is 0 Å². The number of hydrogen-bond donors (Lipinski definition) is 2. The molecular formula is C19H21FN2O4S. The zero-order chi connectivity index (χ0) is 20.2. The van der Waals surface area contributed by atoms with Crippen LogP contribution in [0.2, 0.25) is 0 Å². The largest absolute Gasteiger partial charge is 0.444 e. The summed E-state index contributed by atoms with van der Waals surface area (Å²) in [5, 5.41) is 4.94. The number of carbonyl (C=O) groups is 2. The van der Waals surface area contributed by atoms with Crippen molar-refractivity contribution in [3.05, 3.63) is 53.8 Å². The van der Waals surface area contributed by atoms with Crippen LogP contribution in [0.15, 0.2) is 47.4 Å². The van der Waals surface area contributed by atoms with E-state index in [4.69, 9.17) is 4.74 Å². The number of benzene rings is 2. The van der Waals surface area contributed by atoms with Gasteiger partial charge in [-0.3, -0.25) is 14.3 Å². The van der Waals surface area contributed by atoms with Crippen molar-refractivity contribution in [2.45, 2.75) is 31.3 Å². The average molecular weight is 392 g/mol. The monoisotopic (exact) mass is 392 g/mol. The molecule has 2 rings (SSSR count). The first kappa shape index (κ1) is 20.6. The average Bonchev–Trinajstić information content (AvgIpc) is 2.56. The Morgan fingerprint density at radius 1 is 1.04 bits per heavy atom. The van der Waals surface area contributed by atoms with Crippen molar-refractivity contribution < 1.29 is 22.9 Å². The molecule has 8 heteroatoms. The molecule has 144 valence electrons. The second kappa shape index (κ2) is 8.30. The smallest absolute Gasteiger partial charge is 0.412 e. The first-order valence-corrected chi connectivity index (χ1v) is 9.65. The predicted molar refractivity (Wildman–Crippen MR) is 103 cm³/mol. The number of amides is 2. The molecule has 2 aromatic rings. The van der Waals surface area contributed by atoms with E-state index in [1.807, 2.05) is 0 Å². The SMILES string of the molecule is C[S@@](=O)c1ccc(C(=O)Nc2ccc(F)c(NC(=O)OC(C)(C)C)c2)cc1. The van der Waals surface area contributed by atoms with Crippen LogP contribution in [0.1, 0.15) is 31.1 Å². The third-order valence-electron chi connectivity index (χ3n) is 3.31. The minimum Gasteiger partial charge on any atom is -0.444 e. The molecule has 0 spiro atoms. The van der Waals surface area contributed by atoms with E-state index in [0.717, 1.165) is 6.07 Å². The minimum absolute atomic E-state index is 0.112. The van der Waals surface area contributed by atoms with Gasteiger partial charge in [-0.2, -0.15) is 0 Å². The van der Waals surface area contributed by atoms with Crippen LogP contribution in [-0.4, -0.2) is 28.1 Å². The number of carbonyl (C=O) groups excluding carboxylic acids is 2. The second-order valence-electron chi connectivity index (χ2n) is 6.75. The van der Waals surface area contributed by atoms with E-state index in [1.165, 1.54) is 12.1 Å². The van der Waals surface area contributed by atoms with Crippen LogP contribution in [0, 0.1) is 5.82 Å². The summed E-state index contributed by atoms with van der Waals surface area (Å²) in [5.41, 5.74) is -0.176. The van der Waals surface area contributed by atoms with Gasteiger partial charge in [-0.15, -0.1) is 0 Å². The van der Waals surface area contributed by atoms with Crippen LogP contribution in [0.5, 0.6) is 0 Å². The van der Waals surface area contributed by atoms with E-state index < -0.39 is 34.2 Å². The van der Waals surface area contributed by atoms with Gasteiger partial charge in [0.2, 0.25) is 0 Å². The maximum atomic E-state index is 13.9. The van der Waals surface area contributed by atoms with Gasteiger partial charge in [0, 0.05) is 33.2 Å². The van der Waals surface area contributed by atoms with Gasteiger partial charge in [0.05, 0.1) is 5.69 Å². The van der Waals surface area contributed by atoms with Crippen molar-refractivity contribution in [1.82, 2.24) is 0 Å². The van der Waals surface area contributed by atoms with Gasteiger partial charge in [-0.05, 0) is 63.2 Å². The van der Waals surface area contributed by atoms with Crippen LogP contribution in [-0.2, 0) is 15.5 Å². The van der Waals surface area contributed by atoms with Gasteiger partial charge in [0.25, 0.3) is 5.91 Å². The molecule has 0 bridgehead atoms. The Bertz CT molecular complexity index is 876. The summed E-state index contributed by atoms with van der Waals surface area (Å²) in [7, 11) is -1.13. The highest BCUT2D eigenvalue weighted by molar-refractivity contribution is 7.84. The van der Waals surface area contributed by atoms with E-state index in [2.05, 4.69) is 10.6 Å². The fraction of sp³-hybridized carbons (Fsp3) is 0.263. The third-order valence-corrected chi connectivity index (χ3v) is 4.24. The first-order valence-electron chi connectivity index (χ1n) is 8.09. The lowest BCUT2D eigenvalue weighted by molar-refractivity contribution is 0.0635. The fourth-order valence-electron chi connectivity index (χ4n) is 2.11. The number of anilines is 2. The van der Waals surface area contributed by atoms with Crippen molar-refractivity contribution in [3.8, 4) is 0 Å². The molecule has 2 aromatic carbocycles. The lowest BCUT2D eigenvalue weighted by Crippen LogP contribution is -2.27. The quantitative estimate of drug-likeness (QED) is 0.818. The molecule has 0 unspecified atom stereocenters. The molecule has 0 saturated heterocycles. The van der Waals surface area contributed by atoms with Gasteiger partial charge in [0.1, 0.15) is 11.4 Å². The zero-order valence-corrected chi connectivity index (χ0v) is 16.3. The molecule has 2 amide bonds. The molecule has 27 heavy (non-hydrogen) atoms. The summed E-state index contributed by atoms with van der Waals surface area (Å²) in [6.07, 6.45) is 0.750. The van der Waals surface area contributed by atoms with Crippen LogP contribution in [0.4, 0.5) is 20.6 Å². The summed E-state index contributed by atoms with van der Waals surface area (Å²) in [6.45, 7) is 5.08. The predicted octanol–water partition coefficient (Wildman–Crippen LogP) is 4.16. The highest BCUT2D eigenvalue weighted by Crippen LogP contribution is 2.21. The fourth-order valence-corrected chi connectivity index (χ4v) is 2.63. The molecule has 2 N–H and O–H groups in total. The first-order chi connectivity index (χ1) is 12.5. The molecule has 0 aliphatic carbocycles. The normalized spacial score (nSPS) is 12.2. The molecular weight excluding hydrogens is 371 g/mol. The summed E-state index contributed by atoms with van der Waals surface area (Å²) >= 11 is 0. The topological polar surface area (TPSA) is 84.5 Å². The standard InChI is InChI=1S/C19H21FN2O4S/c1-19(2,3)26-18(24)22-16-11-13(7-10-15(16)20)21-17(23)12-5-8-14(9-6-12)27(4)25/h5-11H,1-4H3,(H,21,23)(H,22,24)/t27-/m1/s1. The third kappa shape index (κ3) is 6.18. The van der Waals surface area contributed by atoms with Crippen LogP contribution in [0.25, 0.3) is 0 Å². The molecule has 0 fully saturated rings. The highest BCUT2D eigenvalue weighted by Gasteiger charge is 2.18. The second-order valence-corrected chi connectivity index (χ2v) is 8.13. The minimum atomic E-state index is -1.13. The zero-order valence-electron chi connectivity index (χ0n) is 15.5. The number of hydrogen-bond acceptors (Lipinski definition) is 4. The molecule has 0 aliphatic rings. The van der Waals surface area contributed by atoms with Crippen LogP contribution in [0.3, 0.4) is 0 Å². The van der Waals surface area contributed by atoms with E-state index in [9.17, 15) is 18.2 Å². The molecule has 0 aromatic heterocycles. The van der Waals surface area contributed by atoms with E-state index >= 15 is 0 Å². The van der Waals surface area contributed by atoms with Gasteiger partial charge in [0.15, 0.2) is 0 Å². The van der Waals surface area contributed by atoms with Gasteiger partial charge in [-0.1, -0.05) is 0 Å². The highest BCUT2D eigenvalue weighted by atomic mass is 32.2. The number of nitrogens with one attached hydrogen (secondary N) is 2. The maximum Gasteiger partial charge on any atom is 0.412 e. The Hall–Kier alpha value is -2.74.